The van der Waals surface area contributed by atoms with Crippen LogP contribution in [0.25, 0.3) is 0 Å². The summed E-state index contributed by atoms with van der Waals surface area (Å²) in [5.74, 6) is -3.54. The molecule has 1 amide bonds. The molecule has 5 nitrogen and oxygen atoms in total. The van der Waals surface area contributed by atoms with Crippen molar-refractivity contribution < 1.29 is 22.7 Å². The summed E-state index contributed by atoms with van der Waals surface area (Å²) in [5, 5.41) is 9.41. The number of anilines is 1. The lowest BCUT2D eigenvalue weighted by atomic mass is 9.68. The molecule has 4 rings (SSSR count). The van der Waals surface area contributed by atoms with Crippen LogP contribution < -0.4 is 20.7 Å². The van der Waals surface area contributed by atoms with Gasteiger partial charge in [0.25, 0.3) is 0 Å². The monoisotopic (exact) mass is 511 g/mol. The lowest BCUT2D eigenvalue weighted by molar-refractivity contribution is -0.117. The molecule has 1 fully saturated rings. The van der Waals surface area contributed by atoms with Crippen LogP contribution in [-0.4, -0.2) is 32.1 Å². The van der Waals surface area contributed by atoms with E-state index in [4.69, 9.17) is 4.74 Å². The molecule has 3 aromatic rings. The maximum Gasteiger partial charge on any atom is 0.241 e. The van der Waals surface area contributed by atoms with E-state index in [9.17, 15) is 18.0 Å². The van der Waals surface area contributed by atoms with Crippen LogP contribution in [0.3, 0.4) is 0 Å². The summed E-state index contributed by atoms with van der Waals surface area (Å²) in [6, 6.07) is 14.2. The molecule has 1 saturated heterocycles. The zero-order valence-corrected chi connectivity index (χ0v) is 21.3. The Morgan fingerprint density at radius 2 is 1.68 bits per heavy atom. The minimum absolute atomic E-state index is 0.0928. The number of hydrogen-bond acceptors (Lipinski definition) is 4. The largest absolute Gasteiger partial charge is 0.454 e. The predicted octanol–water partition coefficient (Wildman–Crippen LogP) is 5.61. The summed E-state index contributed by atoms with van der Waals surface area (Å²) < 4.78 is 46.2. The van der Waals surface area contributed by atoms with Crippen LogP contribution in [-0.2, 0) is 16.6 Å². The lowest BCUT2D eigenvalue weighted by Crippen LogP contribution is -2.42. The SMILES string of the molecule is CN[C@@H](C)C(=O)Nc1ccc(C)c(C2(Cc3ccc(Oc4cc(F)c(F)cc4F)cc3)CCNCC2)c1. The number of halogens is 3. The number of carbonyl (C=O) groups is 1. The third kappa shape index (κ3) is 6.14. The molecule has 3 aromatic carbocycles. The molecule has 0 aliphatic carbocycles. The first-order chi connectivity index (χ1) is 17.7. The zero-order valence-electron chi connectivity index (χ0n) is 21.3. The van der Waals surface area contributed by atoms with E-state index in [1.54, 1.807) is 19.2 Å². The molecule has 196 valence electrons. The fourth-order valence-corrected chi connectivity index (χ4v) is 4.87. The normalized spacial score (nSPS) is 15.7. The molecular formula is C29H32F3N3O2. The van der Waals surface area contributed by atoms with Crippen LogP contribution in [0.15, 0.2) is 54.6 Å². The predicted molar refractivity (Wildman–Crippen MR) is 139 cm³/mol. The maximum absolute atomic E-state index is 14.0. The van der Waals surface area contributed by atoms with Crippen LogP contribution in [0.4, 0.5) is 18.9 Å². The molecule has 1 aliphatic rings. The summed E-state index contributed by atoms with van der Waals surface area (Å²) in [4.78, 5) is 12.4. The van der Waals surface area contributed by atoms with Crippen LogP contribution >= 0.6 is 0 Å². The van der Waals surface area contributed by atoms with Crippen molar-refractivity contribution in [3.63, 3.8) is 0 Å². The summed E-state index contributed by atoms with van der Waals surface area (Å²) in [6.45, 7) is 5.66. The van der Waals surface area contributed by atoms with Gasteiger partial charge in [0.2, 0.25) is 5.91 Å². The van der Waals surface area contributed by atoms with E-state index < -0.39 is 17.5 Å². The van der Waals surface area contributed by atoms with E-state index in [1.807, 2.05) is 31.2 Å². The van der Waals surface area contributed by atoms with Gasteiger partial charge < -0.3 is 20.7 Å². The summed E-state index contributed by atoms with van der Waals surface area (Å²) in [7, 11) is 1.75. The zero-order chi connectivity index (χ0) is 26.6. The number of piperidine rings is 1. The summed E-state index contributed by atoms with van der Waals surface area (Å²) >= 11 is 0. The average Bonchev–Trinajstić information content (AvgIpc) is 2.89. The van der Waals surface area contributed by atoms with Crippen molar-refractivity contribution in [1.82, 2.24) is 10.6 Å². The number of benzene rings is 3. The quantitative estimate of drug-likeness (QED) is 0.344. The molecular weight excluding hydrogens is 479 g/mol. The van der Waals surface area contributed by atoms with Gasteiger partial charge in [-0.05, 0) is 94.2 Å². The Morgan fingerprint density at radius 1 is 1.00 bits per heavy atom. The van der Waals surface area contributed by atoms with Crippen molar-refractivity contribution in [3.8, 4) is 11.5 Å². The van der Waals surface area contributed by atoms with Crippen LogP contribution in [0, 0.1) is 24.4 Å². The third-order valence-electron chi connectivity index (χ3n) is 7.13. The molecule has 0 radical (unpaired) electrons. The minimum Gasteiger partial charge on any atom is -0.454 e. The number of ether oxygens (including phenoxy) is 1. The van der Waals surface area contributed by atoms with Gasteiger partial charge in [-0.3, -0.25) is 4.79 Å². The van der Waals surface area contributed by atoms with Gasteiger partial charge >= 0.3 is 0 Å². The standard InChI is InChI=1S/C29H32F3N3O2/c1-18-4-7-21(35-28(36)19(2)33-3)14-23(18)29(10-12-34-13-11-29)17-20-5-8-22(9-6-20)37-27-16-25(31)24(30)15-26(27)32/h4-9,14-16,19,33-34H,10-13,17H2,1-3H3,(H,35,36)/t19-/m0/s1. The number of rotatable bonds is 8. The number of nitrogens with one attached hydrogen (secondary N) is 3. The van der Waals surface area contributed by atoms with Gasteiger partial charge in [0.15, 0.2) is 23.2 Å². The maximum atomic E-state index is 14.0. The van der Waals surface area contributed by atoms with Crippen molar-refractivity contribution in [1.29, 1.82) is 0 Å². The Hall–Kier alpha value is -3.36. The van der Waals surface area contributed by atoms with E-state index in [0.717, 1.165) is 49.2 Å². The van der Waals surface area contributed by atoms with Crippen molar-refractivity contribution >= 4 is 11.6 Å². The second kappa shape index (κ2) is 11.4. The van der Waals surface area contributed by atoms with Crippen molar-refractivity contribution in [2.45, 2.75) is 44.6 Å². The van der Waals surface area contributed by atoms with Gasteiger partial charge in [-0.15, -0.1) is 0 Å². The first-order valence-electron chi connectivity index (χ1n) is 12.4. The molecule has 0 bridgehead atoms. The van der Waals surface area contributed by atoms with Crippen molar-refractivity contribution in [2.75, 3.05) is 25.5 Å². The average molecular weight is 512 g/mol. The molecule has 0 spiro atoms. The Morgan fingerprint density at radius 3 is 2.35 bits per heavy atom. The molecule has 37 heavy (non-hydrogen) atoms. The van der Waals surface area contributed by atoms with Crippen LogP contribution in [0.1, 0.15) is 36.5 Å². The van der Waals surface area contributed by atoms with E-state index in [1.165, 1.54) is 5.56 Å². The van der Waals surface area contributed by atoms with Crippen LogP contribution in [0.5, 0.6) is 11.5 Å². The van der Waals surface area contributed by atoms with E-state index in [-0.39, 0.29) is 23.1 Å². The number of likely N-dealkylation sites (N-methyl/N-ethyl adjacent to an activating group) is 1. The van der Waals surface area contributed by atoms with E-state index in [2.05, 4.69) is 28.9 Å². The van der Waals surface area contributed by atoms with E-state index >= 15 is 0 Å². The highest BCUT2D eigenvalue weighted by Gasteiger charge is 2.35. The van der Waals surface area contributed by atoms with Gasteiger partial charge in [-0.25, -0.2) is 13.2 Å². The molecule has 1 aliphatic heterocycles. The first kappa shape index (κ1) is 26.7. The highest BCUT2D eigenvalue weighted by molar-refractivity contribution is 5.94. The van der Waals surface area contributed by atoms with Crippen molar-refractivity contribution in [3.05, 3.63) is 88.7 Å². The third-order valence-corrected chi connectivity index (χ3v) is 7.13. The fourth-order valence-electron chi connectivity index (χ4n) is 4.87. The number of carbonyl (C=O) groups excluding carboxylic acids is 1. The highest BCUT2D eigenvalue weighted by Crippen LogP contribution is 2.40. The fraction of sp³-hybridized carbons (Fsp3) is 0.345. The smallest absolute Gasteiger partial charge is 0.241 e. The second-order valence-corrected chi connectivity index (χ2v) is 9.68. The topological polar surface area (TPSA) is 62.4 Å². The second-order valence-electron chi connectivity index (χ2n) is 9.68. The Bertz CT molecular complexity index is 1260. The highest BCUT2D eigenvalue weighted by atomic mass is 19.2. The van der Waals surface area contributed by atoms with Gasteiger partial charge in [0.1, 0.15) is 5.75 Å². The molecule has 8 heteroatoms. The minimum atomic E-state index is -1.26. The summed E-state index contributed by atoms with van der Waals surface area (Å²) in [5.41, 5.74) is 4.06. The molecule has 3 N–H and O–H groups in total. The molecule has 0 aromatic heterocycles. The Labute approximate surface area is 215 Å². The first-order valence-corrected chi connectivity index (χ1v) is 12.4. The molecule has 1 atom stereocenters. The molecule has 0 unspecified atom stereocenters. The van der Waals surface area contributed by atoms with Gasteiger partial charge in [-0.1, -0.05) is 18.2 Å². The molecule has 1 heterocycles. The molecule has 0 saturated carbocycles. The van der Waals surface area contributed by atoms with Crippen LogP contribution in [0.2, 0.25) is 0 Å². The lowest BCUT2D eigenvalue weighted by Gasteiger charge is -2.40. The number of aryl methyl sites for hydroxylation is 1. The van der Waals surface area contributed by atoms with Gasteiger partial charge in [-0.2, -0.15) is 0 Å². The Kier molecular flexibility index (Phi) is 8.19. The number of amides is 1. The van der Waals surface area contributed by atoms with Crippen molar-refractivity contribution in [2.24, 2.45) is 0 Å². The van der Waals surface area contributed by atoms with E-state index in [0.29, 0.717) is 17.9 Å². The van der Waals surface area contributed by atoms with Gasteiger partial charge in [0.05, 0.1) is 6.04 Å². The summed E-state index contributed by atoms with van der Waals surface area (Å²) in [6.07, 6.45) is 2.62. The van der Waals surface area contributed by atoms with Gasteiger partial charge in [0, 0.05) is 23.2 Å². The Balaban J connectivity index is 1.58. The number of hydrogen-bond donors (Lipinski definition) is 3.